The van der Waals surface area contributed by atoms with E-state index in [0.717, 1.165) is 44.0 Å². The topological polar surface area (TPSA) is 50.5 Å². The molecule has 14 heteroatoms. The van der Waals surface area contributed by atoms with Gasteiger partial charge in [-0.15, -0.1) is 22.7 Å². The average Bonchev–Trinajstić information content (AvgIpc) is 3.53. The Bertz CT molecular complexity index is 1470. The largest absolute Gasteiger partial charge is 0.417 e. The zero-order valence-electron chi connectivity index (χ0n) is 20.7. The van der Waals surface area contributed by atoms with Crippen molar-refractivity contribution in [1.29, 1.82) is 0 Å². The molecule has 210 valence electrons. The van der Waals surface area contributed by atoms with Gasteiger partial charge >= 0.3 is 12.4 Å². The molecule has 0 radical (unpaired) electrons. The normalized spacial score (nSPS) is 13.2. The lowest BCUT2D eigenvalue weighted by atomic mass is 10.2. The van der Waals surface area contributed by atoms with E-state index in [1.807, 2.05) is 24.3 Å². The lowest BCUT2D eigenvalue weighted by Gasteiger charge is -2.08. The fourth-order valence-corrected chi connectivity index (χ4v) is 5.79. The summed E-state index contributed by atoms with van der Waals surface area (Å²) in [6.45, 7) is 3.57. The number of alkyl halides is 6. The Hall–Kier alpha value is -2.80. The van der Waals surface area contributed by atoms with Gasteiger partial charge in [0, 0.05) is 35.0 Å². The predicted molar refractivity (Wildman–Crippen MR) is 147 cm³/mol. The molecule has 4 heterocycles. The number of rotatable bonds is 7. The van der Waals surface area contributed by atoms with E-state index in [0.29, 0.717) is 22.8 Å². The van der Waals surface area contributed by atoms with Gasteiger partial charge in [-0.3, -0.25) is 9.97 Å². The molecule has 0 spiro atoms. The van der Waals surface area contributed by atoms with Gasteiger partial charge in [-0.1, -0.05) is 23.2 Å². The molecule has 0 aliphatic heterocycles. The number of aromatic nitrogens is 2. The van der Waals surface area contributed by atoms with Crippen LogP contribution in [-0.2, 0) is 25.2 Å². The van der Waals surface area contributed by atoms with Crippen molar-refractivity contribution >= 4 is 57.3 Å². The number of thiophene rings is 2. The summed E-state index contributed by atoms with van der Waals surface area (Å²) in [6.07, 6.45) is -6.95. The number of hydrogen-bond acceptors (Lipinski definition) is 6. The Labute approximate surface area is 243 Å². The summed E-state index contributed by atoms with van der Waals surface area (Å²) >= 11 is 14.9. The fraction of sp³-hybridized carbons (Fsp3) is 0.231. The Kier molecular flexibility index (Phi) is 9.03. The standard InChI is InChI=1S/C26H18Cl2F6N4S2/c1-13(23-5-3-17(39-23)9-21-19(27)7-15(11-35-21)25(29,30)31)37-38-14(2)24-6-4-18(40-24)10-22-20(28)8-16(12-36-22)26(32,33)34/h3-8,11-12H,9-10H2,1-2H3/b37-13+,38-14+. The van der Waals surface area contributed by atoms with Crippen LogP contribution in [0.1, 0.15) is 55.9 Å². The van der Waals surface area contributed by atoms with Gasteiger partial charge in [-0.25, -0.2) is 0 Å². The van der Waals surface area contributed by atoms with Crippen LogP contribution in [0.25, 0.3) is 0 Å². The van der Waals surface area contributed by atoms with Gasteiger partial charge in [0.05, 0.1) is 53.7 Å². The predicted octanol–water partition coefficient (Wildman–Crippen LogP) is 9.36. The highest BCUT2D eigenvalue weighted by Gasteiger charge is 2.32. The summed E-state index contributed by atoms with van der Waals surface area (Å²) in [6, 6.07) is 9.08. The second-order valence-electron chi connectivity index (χ2n) is 8.56. The molecule has 0 bridgehead atoms. The number of hydrogen-bond donors (Lipinski definition) is 0. The van der Waals surface area contributed by atoms with Crippen LogP contribution in [0.15, 0.2) is 59.0 Å². The monoisotopic (exact) mass is 634 g/mol. The smallest absolute Gasteiger partial charge is 0.259 e. The molecule has 0 aliphatic carbocycles. The van der Waals surface area contributed by atoms with E-state index in [2.05, 4.69) is 20.2 Å². The van der Waals surface area contributed by atoms with Gasteiger partial charge in [-0.2, -0.15) is 36.5 Å². The highest BCUT2D eigenvalue weighted by atomic mass is 35.5. The van der Waals surface area contributed by atoms with Crippen LogP contribution in [-0.4, -0.2) is 21.4 Å². The quantitative estimate of drug-likeness (QED) is 0.115. The summed E-state index contributed by atoms with van der Waals surface area (Å²) in [4.78, 5) is 11.1. The third-order valence-corrected chi connectivity index (χ3v) is 8.60. The average molecular weight is 635 g/mol. The molecule has 0 saturated heterocycles. The first-order valence-corrected chi connectivity index (χ1v) is 13.8. The van der Waals surface area contributed by atoms with Crippen molar-refractivity contribution in [2.24, 2.45) is 10.2 Å². The van der Waals surface area contributed by atoms with Crippen LogP contribution in [0.3, 0.4) is 0 Å². The molecule has 0 saturated carbocycles. The first kappa shape index (κ1) is 30.2. The van der Waals surface area contributed by atoms with E-state index in [4.69, 9.17) is 23.2 Å². The molecule has 0 unspecified atom stereocenters. The van der Waals surface area contributed by atoms with E-state index in [1.54, 1.807) is 13.8 Å². The molecule has 4 aromatic rings. The fourth-order valence-electron chi connectivity index (χ4n) is 3.42. The molecule has 0 N–H and O–H groups in total. The second kappa shape index (κ2) is 12.0. The van der Waals surface area contributed by atoms with E-state index in [-0.39, 0.29) is 22.9 Å². The molecule has 40 heavy (non-hydrogen) atoms. The summed E-state index contributed by atoms with van der Waals surface area (Å²) in [7, 11) is 0. The third-order valence-electron chi connectivity index (χ3n) is 5.56. The number of nitrogens with zero attached hydrogens (tertiary/aromatic N) is 4. The molecule has 4 nitrogen and oxygen atoms in total. The minimum atomic E-state index is -4.51. The first-order valence-electron chi connectivity index (χ1n) is 11.4. The molecular weight excluding hydrogens is 617 g/mol. The molecule has 0 fully saturated rings. The minimum absolute atomic E-state index is 0.0536. The summed E-state index contributed by atoms with van der Waals surface area (Å²) in [5.74, 6) is 0. The van der Waals surface area contributed by atoms with Crippen molar-refractivity contribution in [2.75, 3.05) is 0 Å². The van der Waals surface area contributed by atoms with Crippen LogP contribution in [0.2, 0.25) is 10.0 Å². The Balaban J connectivity index is 1.42. The van der Waals surface area contributed by atoms with Crippen LogP contribution < -0.4 is 0 Å². The van der Waals surface area contributed by atoms with Crippen LogP contribution in [0.5, 0.6) is 0 Å². The van der Waals surface area contributed by atoms with Gasteiger partial charge < -0.3 is 0 Å². The Morgan fingerprint density at radius 1 is 0.700 bits per heavy atom. The zero-order chi connectivity index (χ0) is 29.2. The molecule has 0 aliphatic rings. The minimum Gasteiger partial charge on any atom is -0.259 e. The van der Waals surface area contributed by atoms with Crippen LogP contribution in [0.4, 0.5) is 26.3 Å². The maximum atomic E-state index is 12.8. The van der Waals surface area contributed by atoms with Crippen molar-refractivity contribution in [2.45, 2.75) is 39.0 Å². The highest BCUT2D eigenvalue weighted by molar-refractivity contribution is 7.14. The lowest BCUT2D eigenvalue weighted by molar-refractivity contribution is -0.138. The van der Waals surface area contributed by atoms with Gasteiger partial charge in [0.2, 0.25) is 0 Å². The second-order valence-corrected chi connectivity index (χ2v) is 11.7. The van der Waals surface area contributed by atoms with Crippen LogP contribution in [0, 0.1) is 0 Å². The van der Waals surface area contributed by atoms with Gasteiger partial charge in [0.15, 0.2) is 0 Å². The molecule has 0 amide bonds. The first-order chi connectivity index (χ1) is 18.7. The number of halogens is 8. The Morgan fingerprint density at radius 2 is 1.07 bits per heavy atom. The lowest BCUT2D eigenvalue weighted by Crippen LogP contribution is -2.06. The molecule has 0 aromatic carbocycles. The van der Waals surface area contributed by atoms with Crippen molar-refractivity contribution in [3.8, 4) is 0 Å². The van der Waals surface area contributed by atoms with Gasteiger partial charge in [0.1, 0.15) is 0 Å². The summed E-state index contributed by atoms with van der Waals surface area (Å²) in [5, 5.41) is 8.50. The zero-order valence-corrected chi connectivity index (χ0v) is 23.8. The van der Waals surface area contributed by atoms with Crippen molar-refractivity contribution in [3.05, 3.63) is 101 Å². The summed E-state index contributed by atoms with van der Waals surface area (Å²) < 4.78 is 77.1. The van der Waals surface area contributed by atoms with E-state index >= 15 is 0 Å². The van der Waals surface area contributed by atoms with Gasteiger partial charge in [-0.05, 0) is 50.2 Å². The van der Waals surface area contributed by atoms with Crippen molar-refractivity contribution < 1.29 is 26.3 Å². The molecule has 0 atom stereocenters. The maximum Gasteiger partial charge on any atom is 0.417 e. The highest BCUT2D eigenvalue weighted by Crippen LogP contribution is 2.33. The maximum absolute atomic E-state index is 12.8. The van der Waals surface area contributed by atoms with Gasteiger partial charge in [0.25, 0.3) is 0 Å². The third kappa shape index (κ3) is 7.48. The van der Waals surface area contributed by atoms with Crippen LogP contribution >= 0.6 is 45.9 Å². The number of pyridine rings is 2. The van der Waals surface area contributed by atoms with Crippen molar-refractivity contribution in [1.82, 2.24) is 9.97 Å². The summed E-state index contributed by atoms with van der Waals surface area (Å²) in [5.41, 5.74) is 0.157. The van der Waals surface area contributed by atoms with Crippen molar-refractivity contribution in [3.63, 3.8) is 0 Å². The molecule has 4 rings (SSSR count). The van der Waals surface area contributed by atoms with E-state index in [1.165, 1.54) is 22.7 Å². The Morgan fingerprint density at radius 3 is 1.40 bits per heavy atom. The SMILES string of the molecule is C/C(=N\N=C(/C)c1ccc(Cc2ncc(C(F)(F)F)cc2Cl)s1)c1ccc(Cc2ncc(C(F)(F)F)cc2Cl)s1. The van der Waals surface area contributed by atoms with E-state index < -0.39 is 23.5 Å². The van der Waals surface area contributed by atoms with E-state index in [9.17, 15) is 26.3 Å². The molecule has 4 aromatic heterocycles. The molecular formula is C26H18Cl2F6N4S2.